The van der Waals surface area contributed by atoms with Crippen LogP contribution in [-0.4, -0.2) is 11.1 Å². The fourth-order valence-electron chi connectivity index (χ4n) is 1.46. The molecule has 1 radical (unpaired) electrons. The van der Waals surface area contributed by atoms with Gasteiger partial charge in [-0.15, -0.1) is 0 Å². The SMILES string of the molecule is CC(C)Oc1ccc(-c2c[c]ccn2)cc1. The Hall–Kier alpha value is -1.83. The minimum atomic E-state index is 0.203. The van der Waals surface area contributed by atoms with E-state index in [9.17, 15) is 0 Å². The fraction of sp³-hybridized carbons (Fsp3) is 0.214. The Bertz CT molecular complexity index is 434. The van der Waals surface area contributed by atoms with Crippen LogP contribution in [0.1, 0.15) is 13.8 Å². The lowest BCUT2D eigenvalue weighted by molar-refractivity contribution is 0.242. The van der Waals surface area contributed by atoms with Crippen molar-refractivity contribution in [1.82, 2.24) is 4.98 Å². The Balaban J connectivity index is 2.20. The van der Waals surface area contributed by atoms with Crippen molar-refractivity contribution in [2.75, 3.05) is 0 Å². The first-order valence-corrected chi connectivity index (χ1v) is 5.35. The first kappa shape index (κ1) is 10.7. The second kappa shape index (κ2) is 4.79. The second-order valence-corrected chi connectivity index (χ2v) is 3.83. The van der Waals surface area contributed by atoms with Gasteiger partial charge in [0.15, 0.2) is 0 Å². The molecule has 1 aromatic carbocycles. The predicted molar refractivity (Wildman–Crippen MR) is 64.3 cm³/mol. The molecule has 0 spiro atoms. The predicted octanol–water partition coefficient (Wildman–Crippen LogP) is 3.34. The number of nitrogens with zero attached hydrogens (tertiary/aromatic N) is 1. The number of hydrogen-bond donors (Lipinski definition) is 0. The Morgan fingerprint density at radius 3 is 2.50 bits per heavy atom. The van der Waals surface area contributed by atoms with E-state index in [1.54, 1.807) is 12.3 Å². The van der Waals surface area contributed by atoms with Gasteiger partial charge >= 0.3 is 0 Å². The lowest BCUT2D eigenvalue weighted by Crippen LogP contribution is -2.05. The summed E-state index contributed by atoms with van der Waals surface area (Å²) in [6.07, 6.45) is 1.95. The maximum absolute atomic E-state index is 5.58. The highest BCUT2D eigenvalue weighted by atomic mass is 16.5. The van der Waals surface area contributed by atoms with Crippen LogP contribution in [-0.2, 0) is 0 Å². The molecular weight excluding hydrogens is 198 g/mol. The summed E-state index contributed by atoms with van der Waals surface area (Å²) in [7, 11) is 0. The van der Waals surface area contributed by atoms with Crippen LogP contribution < -0.4 is 4.74 Å². The van der Waals surface area contributed by atoms with Crippen LogP contribution in [0.5, 0.6) is 5.75 Å². The van der Waals surface area contributed by atoms with E-state index < -0.39 is 0 Å². The maximum Gasteiger partial charge on any atom is 0.119 e. The minimum absolute atomic E-state index is 0.203. The summed E-state index contributed by atoms with van der Waals surface area (Å²) in [4.78, 5) is 4.27. The van der Waals surface area contributed by atoms with Crippen LogP contribution in [0.2, 0.25) is 0 Å². The third-order valence-electron chi connectivity index (χ3n) is 2.13. The number of ether oxygens (including phenoxy) is 1. The molecule has 0 saturated carbocycles. The smallest absolute Gasteiger partial charge is 0.119 e. The van der Waals surface area contributed by atoms with Crippen molar-refractivity contribution < 1.29 is 4.74 Å². The molecule has 0 aliphatic carbocycles. The molecule has 0 unspecified atom stereocenters. The van der Waals surface area contributed by atoms with Gasteiger partial charge in [-0.05, 0) is 56.3 Å². The van der Waals surface area contributed by atoms with E-state index >= 15 is 0 Å². The van der Waals surface area contributed by atoms with Crippen molar-refractivity contribution in [2.24, 2.45) is 0 Å². The van der Waals surface area contributed by atoms with Crippen molar-refractivity contribution in [1.29, 1.82) is 0 Å². The molecule has 0 saturated heterocycles. The summed E-state index contributed by atoms with van der Waals surface area (Å²) < 4.78 is 5.58. The summed E-state index contributed by atoms with van der Waals surface area (Å²) in [5.41, 5.74) is 2.01. The first-order valence-electron chi connectivity index (χ1n) is 5.35. The molecule has 0 aliphatic heterocycles. The number of aromatic nitrogens is 1. The fourth-order valence-corrected chi connectivity index (χ4v) is 1.46. The van der Waals surface area contributed by atoms with Crippen LogP contribution in [0.15, 0.2) is 42.6 Å². The average molecular weight is 212 g/mol. The molecular formula is C14H14NO. The Kier molecular flexibility index (Phi) is 3.20. The van der Waals surface area contributed by atoms with Crippen molar-refractivity contribution >= 4 is 0 Å². The van der Waals surface area contributed by atoms with E-state index in [4.69, 9.17) is 4.74 Å². The van der Waals surface area contributed by atoms with Crippen molar-refractivity contribution in [3.8, 4) is 17.0 Å². The minimum Gasteiger partial charge on any atom is -0.491 e. The third-order valence-corrected chi connectivity index (χ3v) is 2.13. The van der Waals surface area contributed by atoms with Gasteiger partial charge < -0.3 is 4.74 Å². The van der Waals surface area contributed by atoms with E-state index in [0.29, 0.717) is 0 Å². The molecule has 2 rings (SSSR count). The molecule has 2 nitrogen and oxygen atoms in total. The molecule has 1 heterocycles. The number of pyridine rings is 1. The van der Waals surface area contributed by atoms with Crippen molar-refractivity contribution in [3.63, 3.8) is 0 Å². The number of hydrogen-bond acceptors (Lipinski definition) is 2. The Labute approximate surface area is 95.9 Å². The summed E-state index contributed by atoms with van der Waals surface area (Å²) >= 11 is 0. The van der Waals surface area contributed by atoms with Gasteiger partial charge in [0.1, 0.15) is 5.75 Å². The van der Waals surface area contributed by atoms with Gasteiger partial charge in [-0.1, -0.05) is 0 Å². The summed E-state index contributed by atoms with van der Waals surface area (Å²) in [5, 5.41) is 0. The maximum atomic E-state index is 5.58. The molecule has 2 aromatic rings. The quantitative estimate of drug-likeness (QED) is 0.778. The highest BCUT2D eigenvalue weighted by Crippen LogP contribution is 2.20. The van der Waals surface area contributed by atoms with Crippen LogP contribution in [0, 0.1) is 6.07 Å². The van der Waals surface area contributed by atoms with Crippen LogP contribution in [0.4, 0.5) is 0 Å². The molecule has 0 fully saturated rings. The van der Waals surface area contributed by atoms with Gasteiger partial charge in [0.2, 0.25) is 0 Å². The van der Waals surface area contributed by atoms with Crippen LogP contribution in [0.25, 0.3) is 11.3 Å². The van der Waals surface area contributed by atoms with E-state index in [2.05, 4.69) is 11.1 Å². The highest BCUT2D eigenvalue weighted by molar-refractivity contribution is 5.59. The van der Waals surface area contributed by atoms with Crippen molar-refractivity contribution in [3.05, 3.63) is 48.7 Å². The van der Waals surface area contributed by atoms with Crippen molar-refractivity contribution in [2.45, 2.75) is 20.0 Å². The largest absolute Gasteiger partial charge is 0.491 e. The number of benzene rings is 1. The highest BCUT2D eigenvalue weighted by Gasteiger charge is 2.00. The molecule has 0 bridgehead atoms. The molecule has 0 aliphatic rings. The topological polar surface area (TPSA) is 22.1 Å². The Morgan fingerprint density at radius 1 is 1.19 bits per heavy atom. The normalized spacial score (nSPS) is 10.4. The summed E-state index contributed by atoms with van der Waals surface area (Å²) in [6.45, 7) is 4.03. The standard InChI is InChI=1S/C14H14NO/c1-11(2)16-13-8-6-12(7-9-13)14-5-3-4-10-15-14/h4-11H,1-2H3. The number of rotatable bonds is 3. The zero-order valence-electron chi connectivity index (χ0n) is 9.47. The van der Waals surface area contributed by atoms with Crippen LogP contribution >= 0.6 is 0 Å². The summed E-state index contributed by atoms with van der Waals surface area (Å²) in [5.74, 6) is 0.888. The molecule has 81 valence electrons. The zero-order chi connectivity index (χ0) is 11.4. The molecule has 0 N–H and O–H groups in total. The van der Waals surface area contributed by atoms with E-state index in [0.717, 1.165) is 17.0 Å². The van der Waals surface area contributed by atoms with E-state index in [1.165, 1.54) is 0 Å². The van der Waals surface area contributed by atoms with Gasteiger partial charge in [0.05, 0.1) is 11.8 Å². The zero-order valence-corrected chi connectivity index (χ0v) is 9.47. The monoisotopic (exact) mass is 212 g/mol. The Morgan fingerprint density at radius 2 is 1.94 bits per heavy atom. The summed E-state index contributed by atoms with van der Waals surface area (Å²) in [6, 6.07) is 14.6. The van der Waals surface area contributed by atoms with Gasteiger partial charge in [-0.2, -0.15) is 0 Å². The third kappa shape index (κ3) is 2.60. The van der Waals surface area contributed by atoms with E-state index in [-0.39, 0.29) is 6.10 Å². The van der Waals surface area contributed by atoms with Gasteiger partial charge in [0, 0.05) is 11.8 Å². The average Bonchev–Trinajstić information content (AvgIpc) is 2.30. The van der Waals surface area contributed by atoms with E-state index in [1.807, 2.05) is 44.2 Å². The molecule has 0 amide bonds. The first-order chi connectivity index (χ1) is 7.75. The molecule has 1 aromatic heterocycles. The van der Waals surface area contributed by atoms with Gasteiger partial charge in [0.25, 0.3) is 0 Å². The second-order valence-electron chi connectivity index (χ2n) is 3.83. The molecule has 16 heavy (non-hydrogen) atoms. The van der Waals surface area contributed by atoms with Gasteiger partial charge in [-0.25, -0.2) is 0 Å². The lowest BCUT2D eigenvalue weighted by Gasteiger charge is -2.09. The molecule has 2 heteroatoms. The van der Waals surface area contributed by atoms with Gasteiger partial charge in [-0.3, -0.25) is 4.98 Å². The molecule has 0 atom stereocenters. The lowest BCUT2D eigenvalue weighted by atomic mass is 10.1. The van der Waals surface area contributed by atoms with Crippen LogP contribution in [0.3, 0.4) is 0 Å².